The maximum Gasteiger partial charge on any atom is 0.253 e. The van der Waals surface area contributed by atoms with Crippen LogP contribution in [-0.4, -0.2) is 29.9 Å². The first kappa shape index (κ1) is 14.5. The highest BCUT2D eigenvalue weighted by molar-refractivity contribution is 9.10. The van der Waals surface area contributed by atoms with E-state index in [4.69, 9.17) is 0 Å². The standard InChI is InChI=1S/C15H16BrN3O/c1-19(2)15(20)11-4-3-5-13(8-11)18-10-14-7-6-12(16)9-17-14/h3-9,18H,10H2,1-2H3. The van der Waals surface area contributed by atoms with Gasteiger partial charge in [0.05, 0.1) is 12.2 Å². The minimum absolute atomic E-state index is 0.00424. The van der Waals surface area contributed by atoms with E-state index in [1.54, 1.807) is 25.2 Å². The number of benzene rings is 1. The maximum absolute atomic E-state index is 11.9. The first-order chi connectivity index (χ1) is 9.56. The van der Waals surface area contributed by atoms with E-state index >= 15 is 0 Å². The summed E-state index contributed by atoms with van der Waals surface area (Å²) in [4.78, 5) is 17.7. The van der Waals surface area contributed by atoms with Crippen molar-refractivity contribution in [1.29, 1.82) is 0 Å². The Labute approximate surface area is 127 Å². The Morgan fingerprint density at radius 2 is 2.10 bits per heavy atom. The molecule has 1 aromatic heterocycles. The summed E-state index contributed by atoms with van der Waals surface area (Å²) in [6, 6.07) is 11.4. The Morgan fingerprint density at radius 1 is 1.30 bits per heavy atom. The zero-order valence-electron chi connectivity index (χ0n) is 11.4. The lowest BCUT2D eigenvalue weighted by atomic mass is 10.2. The summed E-state index contributed by atoms with van der Waals surface area (Å²) < 4.78 is 0.958. The molecule has 0 radical (unpaired) electrons. The smallest absolute Gasteiger partial charge is 0.253 e. The summed E-state index contributed by atoms with van der Waals surface area (Å²) in [5, 5.41) is 3.27. The third-order valence-corrected chi connectivity index (χ3v) is 3.25. The molecule has 2 rings (SSSR count). The van der Waals surface area contributed by atoms with Crippen LogP contribution in [0.1, 0.15) is 16.1 Å². The Morgan fingerprint density at radius 3 is 2.75 bits per heavy atom. The molecular formula is C15H16BrN3O. The average Bonchev–Trinajstić information content (AvgIpc) is 2.46. The van der Waals surface area contributed by atoms with E-state index in [1.165, 1.54) is 0 Å². The zero-order valence-corrected chi connectivity index (χ0v) is 13.0. The van der Waals surface area contributed by atoms with Crippen LogP contribution < -0.4 is 5.32 Å². The number of rotatable bonds is 4. The lowest BCUT2D eigenvalue weighted by Gasteiger charge is -2.12. The Hall–Kier alpha value is -1.88. The van der Waals surface area contributed by atoms with Gasteiger partial charge in [-0.25, -0.2) is 0 Å². The van der Waals surface area contributed by atoms with Crippen molar-refractivity contribution in [3.63, 3.8) is 0 Å². The molecule has 0 atom stereocenters. The van der Waals surface area contributed by atoms with Crippen LogP contribution in [0.25, 0.3) is 0 Å². The van der Waals surface area contributed by atoms with Gasteiger partial charge in [-0.2, -0.15) is 0 Å². The second-order valence-corrected chi connectivity index (χ2v) is 5.52. The Bertz CT molecular complexity index is 596. The molecule has 0 bridgehead atoms. The van der Waals surface area contributed by atoms with Gasteiger partial charge in [0.1, 0.15) is 0 Å². The number of aromatic nitrogens is 1. The van der Waals surface area contributed by atoms with Crippen molar-refractivity contribution in [3.8, 4) is 0 Å². The fourth-order valence-corrected chi connectivity index (χ4v) is 1.96. The number of hydrogen-bond acceptors (Lipinski definition) is 3. The van der Waals surface area contributed by atoms with Crippen molar-refractivity contribution < 1.29 is 4.79 Å². The molecule has 0 aliphatic carbocycles. The molecular weight excluding hydrogens is 318 g/mol. The van der Waals surface area contributed by atoms with Crippen LogP contribution in [-0.2, 0) is 6.54 Å². The van der Waals surface area contributed by atoms with E-state index < -0.39 is 0 Å². The Balaban J connectivity index is 2.05. The van der Waals surface area contributed by atoms with Gasteiger partial charge in [0, 0.05) is 36.0 Å². The van der Waals surface area contributed by atoms with Gasteiger partial charge in [-0.3, -0.25) is 9.78 Å². The average molecular weight is 334 g/mol. The van der Waals surface area contributed by atoms with E-state index in [0.29, 0.717) is 12.1 Å². The van der Waals surface area contributed by atoms with Gasteiger partial charge in [-0.15, -0.1) is 0 Å². The third-order valence-electron chi connectivity index (χ3n) is 2.78. The first-order valence-corrected chi connectivity index (χ1v) is 7.01. The molecule has 4 nitrogen and oxygen atoms in total. The van der Waals surface area contributed by atoms with Crippen molar-refractivity contribution in [2.75, 3.05) is 19.4 Å². The molecule has 20 heavy (non-hydrogen) atoms. The van der Waals surface area contributed by atoms with Crippen LogP contribution >= 0.6 is 15.9 Å². The molecule has 0 aliphatic heterocycles. The minimum Gasteiger partial charge on any atom is -0.379 e. The summed E-state index contributed by atoms with van der Waals surface area (Å²) in [5.74, 6) is -0.00424. The number of amides is 1. The lowest BCUT2D eigenvalue weighted by Crippen LogP contribution is -2.21. The molecule has 0 saturated carbocycles. The predicted octanol–water partition coefficient (Wildman–Crippen LogP) is 3.16. The van der Waals surface area contributed by atoms with Gasteiger partial charge in [-0.05, 0) is 46.3 Å². The number of hydrogen-bond donors (Lipinski definition) is 1. The first-order valence-electron chi connectivity index (χ1n) is 6.22. The van der Waals surface area contributed by atoms with Gasteiger partial charge in [-0.1, -0.05) is 6.07 Å². The van der Waals surface area contributed by atoms with E-state index in [9.17, 15) is 4.79 Å². The van der Waals surface area contributed by atoms with Gasteiger partial charge in [0.15, 0.2) is 0 Å². The highest BCUT2D eigenvalue weighted by Crippen LogP contribution is 2.14. The molecule has 104 valence electrons. The third kappa shape index (κ3) is 3.81. The molecule has 0 fully saturated rings. The monoisotopic (exact) mass is 333 g/mol. The molecule has 5 heteroatoms. The summed E-state index contributed by atoms with van der Waals surface area (Å²) in [6.07, 6.45) is 1.77. The molecule has 2 aromatic rings. The van der Waals surface area contributed by atoms with Crippen molar-refractivity contribution in [2.45, 2.75) is 6.54 Å². The van der Waals surface area contributed by atoms with Gasteiger partial charge in [0.25, 0.3) is 5.91 Å². The van der Waals surface area contributed by atoms with Crippen LogP contribution in [0, 0.1) is 0 Å². The van der Waals surface area contributed by atoms with E-state index in [-0.39, 0.29) is 5.91 Å². The summed E-state index contributed by atoms with van der Waals surface area (Å²) in [5.41, 5.74) is 2.52. The normalized spacial score (nSPS) is 10.2. The van der Waals surface area contributed by atoms with Crippen molar-refractivity contribution in [2.24, 2.45) is 0 Å². The lowest BCUT2D eigenvalue weighted by molar-refractivity contribution is 0.0827. The van der Waals surface area contributed by atoms with Crippen molar-refractivity contribution >= 4 is 27.5 Å². The SMILES string of the molecule is CN(C)C(=O)c1cccc(NCc2ccc(Br)cn2)c1. The molecule has 0 unspecified atom stereocenters. The number of nitrogens with one attached hydrogen (secondary N) is 1. The zero-order chi connectivity index (χ0) is 14.5. The van der Waals surface area contributed by atoms with E-state index in [1.807, 2.05) is 36.4 Å². The molecule has 0 aliphatic rings. The second-order valence-electron chi connectivity index (χ2n) is 4.60. The number of carbonyl (C=O) groups is 1. The highest BCUT2D eigenvalue weighted by Gasteiger charge is 2.07. The number of pyridine rings is 1. The number of nitrogens with zero attached hydrogens (tertiary/aromatic N) is 2. The maximum atomic E-state index is 11.9. The molecule has 1 heterocycles. The Kier molecular flexibility index (Phi) is 4.74. The molecule has 1 N–H and O–H groups in total. The molecule has 0 saturated heterocycles. The van der Waals surface area contributed by atoms with Crippen LogP contribution in [0.3, 0.4) is 0 Å². The fraction of sp³-hybridized carbons (Fsp3) is 0.200. The summed E-state index contributed by atoms with van der Waals surface area (Å²) >= 11 is 3.36. The van der Waals surface area contributed by atoms with E-state index in [2.05, 4.69) is 26.2 Å². The number of anilines is 1. The topological polar surface area (TPSA) is 45.2 Å². The molecule has 1 aromatic carbocycles. The van der Waals surface area contributed by atoms with Crippen LogP contribution in [0.5, 0.6) is 0 Å². The predicted molar refractivity (Wildman–Crippen MR) is 83.7 cm³/mol. The van der Waals surface area contributed by atoms with E-state index in [0.717, 1.165) is 15.9 Å². The highest BCUT2D eigenvalue weighted by atomic mass is 79.9. The summed E-state index contributed by atoms with van der Waals surface area (Å²) in [6.45, 7) is 0.618. The van der Waals surface area contributed by atoms with Crippen LogP contribution in [0.4, 0.5) is 5.69 Å². The number of carbonyl (C=O) groups excluding carboxylic acids is 1. The minimum atomic E-state index is -0.00424. The fourth-order valence-electron chi connectivity index (χ4n) is 1.72. The van der Waals surface area contributed by atoms with Gasteiger partial charge < -0.3 is 10.2 Å². The molecule has 1 amide bonds. The molecule has 0 spiro atoms. The van der Waals surface area contributed by atoms with Crippen molar-refractivity contribution in [3.05, 3.63) is 58.3 Å². The number of halogens is 1. The largest absolute Gasteiger partial charge is 0.379 e. The second kappa shape index (κ2) is 6.52. The quantitative estimate of drug-likeness (QED) is 0.934. The van der Waals surface area contributed by atoms with Gasteiger partial charge in [0.2, 0.25) is 0 Å². The van der Waals surface area contributed by atoms with Crippen molar-refractivity contribution in [1.82, 2.24) is 9.88 Å². The van der Waals surface area contributed by atoms with Crippen LogP contribution in [0.15, 0.2) is 47.1 Å². The van der Waals surface area contributed by atoms with Crippen LogP contribution in [0.2, 0.25) is 0 Å². The summed E-state index contributed by atoms with van der Waals surface area (Å²) in [7, 11) is 3.49. The van der Waals surface area contributed by atoms with Gasteiger partial charge >= 0.3 is 0 Å².